The van der Waals surface area contributed by atoms with Gasteiger partial charge in [-0.15, -0.1) is 0 Å². The molecule has 1 N–H and O–H groups in total. The topological polar surface area (TPSA) is 29.5 Å². The van der Waals surface area contributed by atoms with Crippen molar-refractivity contribution in [3.8, 4) is 0 Å². The number of hydrogen-bond acceptors (Lipinski definition) is 2. The molecular weight excluding hydrogens is 260 g/mol. The van der Waals surface area contributed by atoms with E-state index in [1.807, 2.05) is 6.26 Å². The largest absolute Gasteiger partial charge is 0.497 e. The third kappa shape index (κ3) is 3.42. The highest BCUT2D eigenvalue weighted by Crippen LogP contribution is 2.50. The average molecular weight is 288 g/mol. The van der Waals surface area contributed by atoms with Gasteiger partial charge >= 0.3 is 0 Å². The second-order valence-electron chi connectivity index (χ2n) is 7.05. The molecule has 3 aliphatic rings. The van der Waals surface area contributed by atoms with Crippen molar-refractivity contribution >= 4 is 0 Å². The summed E-state index contributed by atoms with van der Waals surface area (Å²) in [5.74, 6) is 0.433. The minimum absolute atomic E-state index is 0.301. The molecule has 2 fully saturated rings. The van der Waals surface area contributed by atoms with Gasteiger partial charge in [-0.05, 0) is 50.0 Å². The van der Waals surface area contributed by atoms with Gasteiger partial charge in [-0.25, -0.2) is 0 Å². The Kier molecular flexibility index (Phi) is 4.84. The first-order chi connectivity index (χ1) is 10.3. The molecule has 0 aromatic rings. The normalized spacial score (nSPS) is 33.5. The van der Waals surface area contributed by atoms with Crippen LogP contribution in [0.4, 0.5) is 0 Å². The van der Waals surface area contributed by atoms with Crippen molar-refractivity contribution < 1.29 is 9.84 Å². The molecule has 3 rings (SSSR count). The van der Waals surface area contributed by atoms with Crippen LogP contribution in [0.25, 0.3) is 0 Å². The Morgan fingerprint density at radius 2 is 2.05 bits per heavy atom. The molecule has 0 aromatic heterocycles. The Balaban J connectivity index is 1.70. The van der Waals surface area contributed by atoms with E-state index >= 15 is 0 Å². The third-order valence-electron chi connectivity index (χ3n) is 5.68. The molecule has 0 amide bonds. The van der Waals surface area contributed by atoms with E-state index in [1.54, 1.807) is 0 Å². The van der Waals surface area contributed by atoms with Crippen LogP contribution in [0.1, 0.15) is 57.8 Å². The zero-order valence-corrected chi connectivity index (χ0v) is 13.0. The molecule has 2 nitrogen and oxygen atoms in total. The lowest BCUT2D eigenvalue weighted by Crippen LogP contribution is -2.44. The molecule has 3 aliphatic carbocycles. The maximum absolute atomic E-state index is 9.52. The molecule has 0 aromatic carbocycles. The van der Waals surface area contributed by atoms with E-state index < -0.39 is 0 Å². The monoisotopic (exact) mass is 288 g/mol. The molecule has 21 heavy (non-hydrogen) atoms. The Hall–Kier alpha value is -1.02. The lowest BCUT2D eigenvalue weighted by molar-refractivity contribution is -0.0682. The van der Waals surface area contributed by atoms with Gasteiger partial charge in [0, 0.05) is 12.0 Å². The summed E-state index contributed by atoms with van der Waals surface area (Å²) < 4.78 is 6.29. The number of rotatable bonds is 3. The molecule has 1 spiro atoms. The van der Waals surface area contributed by atoms with Crippen LogP contribution in [0.5, 0.6) is 0 Å². The van der Waals surface area contributed by atoms with Crippen molar-refractivity contribution in [2.24, 2.45) is 11.3 Å². The number of aliphatic hydroxyl groups excluding tert-OH is 1. The van der Waals surface area contributed by atoms with Crippen LogP contribution >= 0.6 is 0 Å². The van der Waals surface area contributed by atoms with Gasteiger partial charge in [-0.1, -0.05) is 43.6 Å². The van der Waals surface area contributed by atoms with Crippen molar-refractivity contribution in [1.29, 1.82) is 0 Å². The van der Waals surface area contributed by atoms with Crippen molar-refractivity contribution in [3.05, 3.63) is 36.1 Å². The van der Waals surface area contributed by atoms with E-state index in [1.165, 1.54) is 50.5 Å². The highest BCUT2D eigenvalue weighted by Gasteiger charge is 2.44. The fourth-order valence-electron chi connectivity index (χ4n) is 4.30. The number of hydrogen-bond donors (Lipinski definition) is 1. The summed E-state index contributed by atoms with van der Waals surface area (Å²) in [7, 11) is 0. The second-order valence-corrected chi connectivity index (χ2v) is 7.05. The Bertz CT molecular complexity index is 427. The Morgan fingerprint density at radius 3 is 2.76 bits per heavy atom. The fraction of sp³-hybridized carbons (Fsp3) is 0.684. The van der Waals surface area contributed by atoms with Crippen molar-refractivity contribution in [2.75, 3.05) is 6.61 Å². The fourth-order valence-corrected chi connectivity index (χ4v) is 4.30. The summed E-state index contributed by atoms with van der Waals surface area (Å²) in [5, 5.41) is 9.52. The summed E-state index contributed by atoms with van der Waals surface area (Å²) in [5.41, 5.74) is 1.64. The SMILES string of the molecule is OCC1CCC2(CCCCC2)C(O/C=C2/C=CC=CC2)C1. The van der Waals surface area contributed by atoms with Crippen molar-refractivity contribution in [2.45, 2.75) is 63.9 Å². The van der Waals surface area contributed by atoms with Crippen LogP contribution in [0.3, 0.4) is 0 Å². The maximum Gasteiger partial charge on any atom is 0.104 e. The minimum atomic E-state index is 0.301. The van der Waals surface area contributed by atoms with Crippen LogP contribution in [-0.4, -0.2) is 17.8 Å². The van der Waals surface area contributed by atoms with Gasteiger partial charge in [-0.2, -0.15) is 0 Å². The Labute approximate surface area is 128 Å². The zero-order valence-electron chi connectivity index (χ0n) is 13.0. The predicted molar refractivity (Wildman–Crippen MR) is 85.8 cm³/mol. The standard InChI is InChI=1S/C19H28O2/c20-14-17-9-12-19(10-5-2-6-11-19)18(13-17)21-15-16-7-3-1-4-8-16/h1,3-4,7,15,17-18,20H,2,5-6,8-14H2/b16-15-. The highest BCUT2D eigenvalue weighted by molar-refractivity contribution is 5.28. The molecule has 2 unspecified atom stereocenters. The summed E-state index contributed by atoms with van der Waals surface area (Å²) in [4.78, 5) is 0. The second kappa shape index (κ2) is 6.83. The van der Waals surface area contributed by atoms with Crippen LogP contribution in [0.15, 0.2) is 36.1 Å². The van der Waals surface area contributed by atoms with Gasteiger partial charge in [0.25, 0.3) is 0 Å². The molecule has 2 heteroatoms. The smallest absolute Gasteiger partial charge is 0.104 e. The van der Waals surface area contributed by atoms with E-state index in [0.29, 0.717) is 24.0 Å². The van der Waals surface area contributed by atoms with Crippen LogP contribution in [0.2, 0.25) is 0 Å². The summed E-state index contributed by atoms with van der Waals surface area (Å²) in [6, 6.07) is 0. The average Bonchev–Trinajstić information content (AvgIpc) is 2.56. The molecule has 116 valence electrons. The van der Waals surface area contributed by atoms with E-state index in [2.05, 4.69) is 24.3 Å². The first-order valence-corrected chi connectivity index (χ1v) is 8.61. The maximum atomic E-state index is 9.52. The van der Waals surface area contributed by atoms with Crippen LogP contribution in [0, 0.1) is 11.3 Å². The first kappa shape index (κ1) is 14.9. The van der Waals surface area contributed by atoms with Crippen LogP contribution in [-0.2, 0) is 4.74 Å². The lowest BCUT2D eigenvalue weighted by Gasteiger charge is -2.48. The molecule has 0 aliphatic heterocycles. The van der Waals surface area contributed by atoms with E-state index in [4.69, 9.17) is 4.74 Å². The van der Waals surface area contributed by atoms with Gasteiger partial charge in [0.05, 0.1) is 6.26 Å². The zero-order chi connectivity index (χ0) is 14.5. The first-order valence-electron chi connectivity index (χ1n) is 8.61. The Morgan fingerprint density at radius 1 is 1.19 bits per heavy atom. The van der Waals surface area contributed by atoms with Gasteiger partial charge in [0.15, 0.2) is 0 Å². The van der Waals surface area contributed by atoms with Crippen LogP contribution < -0.4 is 0 Å². The summed E-state index contributed by atoms with van der Waals surface area (Å²) >= 11 is 0. The number of aliphatic hydroxyl groups is 1. The van der Waals surface area contributed by atoms with E-state index in [0.717, 1.165) is 12.8 Å². The molecule has 0 radical (unpaired) electrons. The van der Waals surface area contributed by atoms with Crippen molar-refractivity contribution in [3.63, 3.8) is 0 Å². The van der Waals surface area contributed by atoms with Gasteiger partial charge in [-0.3, -0.25) is 0 Å². The number of allylic oxidation sites excluding steroid dienone is 5. The van der Waals surface area contributed by atoms with Gasteiger partial charge in [0.1, 0.15) is 6.10 Å². The van der Waals surface area contributed by atoms with Gasteiger partial charge < -0.3 is 9.84 Å². The van der Waals surface area contributed by atoms with E-state index in [-0.39, 0.29) is 0 Å². The molecule has 2 saturated carbocycles. The highest BCUT2D eigenvalue weighted by atomic mass is 16.5. The van der Waals surface area contributed by atoms with E-state index in [9.17, 15) is 5.11 Å². The van der Waals surface area contributed by atoms with Gasteiger partial charge in [0.2, 0.25) is 0 Å². The molecule has 0 saturated heterocycles. The summed E-state index contributed by atoms with van der Waals surface area (Å²) in [6.07, 6.45) is 21.9. The quantitative estimate of drug-likeness (QED) is 0.774. The predicted octanol–water partition coefficient (Wildman–Crippen LogP) is 4.51. The summed E-state index contributed by atoms with van der Waals surface area (Å²) in [6.45, 7) is 0.315. The minimum Gasteiger partial charge on any atom is -0.497 e. The molecule has 2 atom stereocenters. The molecule has 0 heterocycles. The third-order valence-corrected chi connectivity index (χ3v) is 5.68. The molecular formula is C19H28O2. The molecule has 0 bridgehead atoms. The lowest BCUT2D eigenvalue weighted by atomic mass is 9.61. The van der Waals surface area contributed by atoms with Crippen molar-refractivity contribution in [1.82, 2.24) is 0 Å². The number of ether oxygens (including phenoxy) is 1.